The van der Waals surface area contributed by atoms with E-state index >= 15 is 0 Å². The highest BCUT2D eigenvalue weighted by molar-refractivity contribution is 6.18. The van der Waals surface area contributed by atoms with Gasteiger partial charge in [0.25, 0.3) is 0 Å². The molecule has 2 aromatic heterocycles. The Morgan fingerprint density at radius 2 is 1.71 bits per heavy atom. The Hall–Kier alpha value is -2.42. The van der Waals surface area contributed by atoms with Crippen LogP contribution in [0.15, 0.2) is 48.8 Å². The van der Waals surface area contributed by atoms with E-state index < -0.39 is 0 Å². The van der Waals surface area contributed by atoms with Crippen molar-refractivity contribution in [3.8, 4) is 0 Å². The molecule has 2 aromatic carbocycles. The Morgan fingerprint density at radius 1 is 0.824 bits per heavy atom. The minimum atomic E-state index is 0.935. The molecule has 17 heavy (non-hydrogen) atoms. The number of hydrogen-bond acceptors (Lipinski definition) is 2. The topological polar surface area (TPSA) is 41.6 Å². The van der Waals surface area contributed by atoms with Crippen molar-refractivity contribution in [3.05, 3.63) is 48.8 Å². The minimum Gasteiger partial charge on any atom is -0.354 e. The molecule has 80 valence electrons. The average Bonchev–Trinajstić information content (AvgIpc) is 2.77. The predicted octanol–water partition coefficient (Wildman–Crippen LogP) is 3.26. The van der Waals surface area contributed by atoms with Crippen LogP contribution in [0, 0.1) is 0 Å². The predicted molar refractivity (Wildman–Crippen MR) is 68.9 cm³/mol. The van der Waals surface area contributed by atoms with Gasteiger partial charge in [0.1, 0.15) is 0 Å². The van der Waals surface area contributed by atoms with E-state index in [1.807, 2.05) is 18.2 Å². The molecule has 0 aliphatic heterocycles. The molecule has 0 spiro atoms. The highest BCUT2D eigenvalue weighted by Gasteiger charge is 2.08. The summed E-state index contributed by atoms with van der Waals surface area (Å²) in [7, 11) is 0. The van der Waals surface area contributed by atoms with Gasteiger partial charge in [-0.1, -0.05) is 18.2 Å². The number of aromatic amines is 1. The first-order valence-corrected chi connectivity index (χ1v) is 5.53. The van der Waals surface area contributed by atoms with E-state index in [9.17, 15) is 0 Å². The molecule has 4 aromatic rings. The quantitative estimate of drug-likeness (QED) is 0.493. The van der Waals surface area contributed by atoms with Crippen molar-refractivity contribution in [3.63, 3.8) is 0 Å². The molecule has 0 aliphatic carbocycles. The third kappa shape index (κ3) is 1.11. The van der Waals surface area contributed by atoms with Crippen LogP contribution in [-0.4, -0.2) is 15.0 Å². The second kappa shape index (κ2) is 3.04. The molecule has 0 fully saturated rings. The van der Waals surface area contributed by atoms with E-state index in [4.69, 9.17) is 0 Å². The van der Waals surface area contributed by atoms with Gasteiger partial charge in [0.05, 0.1) is 11.0 Å². The van der Waals surface area contributed by atoms with Gasteiger partial charge in [-0.05, 0) is 18.2 Å². The normalized spacial score (nSPS) is 11.5. The van der Waals surface area contributed by atoms with Crippen molar-refractivity contribution in [1.29, 1.82) is 0 Å². The lowest BCUT2D eigenvalue weighted by molar-refractivity contribution is 1.30. The third-order valence-corrected chi connectivity index (χ3v) is 3.11. The number of fused-ring (bicyclic) bond motifs is 5. The smallest absolute Gasteiger partial charge is 0.0986 e. The maximum Gasteiger partial charge on any atom is 0.0986 e. The zero-order valence-corrected chi connectivity index (χ0v) is 9.01. The fourth-order valence-corrected chi connectivity index (χ4v) is 2.37. The number of para-hydroxylation sites is 1. The number of rotatable bonds is 0. The highest BCUT2D eigenvalue weighted by Crippen LogP contribution is 2.29. The molecular formula is C14H9N3. The standard InChI is InChI=1S/C14H9N3/c1-2-4-10-9(3-1)13-11(17-10)5-6-12-14(13)16-8-7-15-12/h1-8,17H. The van der Waals surface area contributed by atoms with E-state index in [-0.39, 0.29) is 0 Å². The Morgan fingerprint density at radius 3 is 2.71 bits per heavy atom. The van der Waals surface area contributed by atoms with Crippen molar-refractivity contribution < 1.29 is 0 Å². The molecule has 3 nitrogen and oxygen atoms in total. The second-order valence-corrected chi connectivity index (χ2v) is 4.08. The largest absolute Gasteiger partial charge is 0.354 e. The first kappa shape index (κ1) is 8.70. The van der Waals surface area contributed by atoms with Gasteiger partial charge >= 0.3 is 0 Å². The molecule has 0 radical (unpaired) electrons. The van der Waals surface area contributed by atoms with Gasteiger partial charge in [0.15, 0.2) is 0 Å². The third-order valence-electron chi connectivity index (χ3n) is 3.11. The Bertz CT molecular complexity index is 840. The van der Waals surface area contributed by atoms with Crippen LogP contribution in [0.4, 0.5) is 0 Å². The Kier molecular flexibility index (Phi) is 1.56. The molecule has 4 rings (SSSR count). The molecule has 0 atom stereocenters. The van der Waals surface area contributed by atoms with Crippen LogP contribution in [0.2, 0.25) is 0 Å². The molecule has 0 aliphatic rings. The van der Waals surface area contributed by atoms with Crippen LogP contribution < -0.4 is 0 Å². The maximum absolute atomic E-state index is 4.45. The lowest BCUT2D eigenvalue weighted by Gasteiger charge is -1.97. The van der Waals surface area contributed by atoms with E-state index in [1.165, 1.54) is 5.39 Å². The molecule has 0 amide bonds. The number of H-pyrrole nitrogens is 1. The first-order valence-electron chi connectivity index (χ1n) is 5.53. The maximum atomic E-state index is 4.45. The molecule has 0 unspecified atom stereocenters. The Balaban J connectivity index is 2.38. The van der Waals surface area contributed by atoms with Gasteiger partial charge in [0.2, 0.25) is 0 Å². The molecule has 1 N–H and O–H groups in total. The average molecular weight is 219 g/mol. The number of benzene rings is 2. The summed E-state index contributed by atoms with van der Waals surface area (Å²) >= 11 is 0. The van der Waals surface area contributed by atoms with Crippen molar-refractivity contribution in [2.45, 2.75) is 0 Å². The van der Waals surface area contributed by atoms with Crippen LogP contribution in [0.5, 0.6) is 0 Å². The van der Waals surface area contributed by atoms with Crippen LogP contribution in [0.25, 0.3) is 32.8 Å². The second-order valence-electron chi connectivity index (χ2n) is 4.08. The van der Waals surface area contributed by atoms with Crippen LogP contribution in [-0.2, 0) is 0 Å². The van der Waals surface area contributed by atoms with E-state index in [0.29, 0.717) is 0 Å². The SMILES string of the molecule is c1ccc2c(c1)[nH]c1ccc3nccnc3c12. The number of nitrogens with zero attached hydrogens (tertiary/aromatic N) is 2. The van der Waals surface area contributed by atoms with Gasteiger partial charge in [-0.25, -0.2) is 0 Å². The highest BCUT2D eigenvalue weighted by atomic mass is 14.8. The summed E-state index contributed by atoms with van der Waals surface area (Å²) in [4.78, 5) is 12.2. The summed E-state index contributed by atoms with van der Waals surface area (Å²) in [6.45, 7) is 0. The Labute approximate surface area is 97.1 Å². The lowest BCUT2D eigenvalue weighted by atomic mass is 10.1. The van der Waals surface area contributed by atoms with Gasteiger partial charge in [-0.2, -0.15) is 0 Å². The summed E-state index contributed by atoms with van der Waals surface area (Å²) in [5, 5.41) is 2.36. The van der Waals surface area contributed by atoms with Gasteiger partial charge in [-0.15, -0.1) is 0 Å². The molecule has 0 saturated heterocycles. The summed E-state index contributed by atoms with van der Waals surface area (Å²) in [5.41, 5.74) is 4.15. The van der Waals surface area contributed by atoms with Gasteiger partial charge in [0, 0.05) is 34.2 Å². The summed E-state index contributed by atoms with van der Waals surface area (Å²) in [6.07, 6.45) is 3.46. The van der Waals surface area contributed by atoms with Crippen molar-refractivity contribution in [1.82, 2.24) is 15.0 Å². The van der Waals surface area contributed by atoms with Crippen molar-refractivity contribution in [2.75, 3.05) is 0 Å². The van der Waals surface area contributed by atoms with Crippen molar-refractivity contribution >= 4 is 32.8 Å². The summed E-state index contributed by atoms with van der Waals surface area (Å²) < 4.78 is 0. The van der Waals surface area contributed by atoms with Crippen LogP contribution in [0.3, 0.4) is 0 Å². The number of hydrogen-bond donors (Lipinski definition) is 1. The number of nitrogens with one attached hydrogen (secondary N) is 1. The van der Waals surface area contributed by atoms with Crippen LogP contribution in [0.1, 0.15) is 0 Å². The molecule has 0 bridgehead atoms. The van der Waals surface area contributed by atoms with Gasteiger partial charge in [-0.3, -0.25) is 9.97 Å². The molecular weight excluding hydrogens is 210 g/mol. The van der Waals surface area contributed by atoms with Crippen molar-refractivity contribution in [2.24, 2.45) is 0 Å². The van der Waals surface area contributed by atoms with E-state index in [1.54, 1.807) is 12.4 Å². The zero-order valence-electron chi connectivity index (χ0n) is 9.01. The zero-order chi connectivity index (χ0) is 11.2. The molecule has 3 heteroatoms. The molecule has 0 saturated carbocycles. The van der Waals surface area contributed by atoms with Crippen LogP contribution >= 0.6 is 0 Å². The first-order chi connectivity index (χ1) is 8.43. The van der Waals surface area contributed by atoms with E-state index in [0.717, 1.165) is 27.5 Å². The molecule has 2 heterocycles. The van der Waals surface area contributed by atoms with Gasteiger partial charge < -0.3 is 4.98 Å². The summed E-state index contributed by atoms with van der Waals surface area (Å²) in [5.74, 6) is 0. The number of aromatic nitrogens is 3. The van der Waals surface area contributed by atoms with E-state index in [2.05, 4.69) is 33.2 Å². The monoisotopic (exact) mass is 219 g/mol. The summed E-state index contributed by atoms with van der Waals surface area (Å²) in [6, 6.07) is 12.3. The fraction of sp³-hybridized carbons (Fsp3) is 0. The lowest BCUT2D eigenvalue weighted by Crippen LogP contribution is -1.82. The fourth-order valence-electron chi connectivity index (χ4n) is 2.37. The minimum absolute atomic E-state index is 0.935.